The van der Waals surface area contributed by atoms with Gasteiger partial charge in [0.25, 0.3) is 0 Å². The van der Waals surface area contributed by atoms with Gasteiger partial charge in [-0.25, -0.2) is 4.98 Å². The summed E-state index contributed by atoms with van der Waals surface area (Å²) in [5, 5.41) is 2.82. The average molecular weight is 390 g/mol. The molecular formula is C23H27N5O. The molecule has 1 aromatic heterocycles. The lowest BCUT2D eigenvalue weighted by Gasteiger charge is -2.21. The highest BCUT2D eigenvalue weighted by Gasteiger charge is 2.20. The third-order valence-electron chi connectivity index (χ3n) is 5.38. The number of nitrogens with two attached hydrogens (primary N) is 1. The molecule has 0 spiro atoms. The van der Waals surface area contributed by atoms with Gasteiger partial charge >= 0.3 is 0 Å². The molecular weight excluding hydrogens is 362 g/mol. The van der Waals surface area contributed by atoms with E-state index < -0.39 is 6.04 Å². The molecule has 1 aliphatic heterocycles. The number of carbonyl (C=O) groups excluding carboxylic acids is 1. The second-order valence-corrected chi connectivity index (χ2v) is 7.48. The molecule has 0 radical (unpaired) electrons. The minimum atomic E-state index is -0.507. The first kappa shape index (κ1) is 19.2. The van der Waals surface area contributed by atoms with Crippen molar-refractivity contribution >= 4 is 17.4 Å². The maximum Gasteiger partial charge on any atom is 0.242 e. The first-order valence-electron chi connectivity index (χ1n) is 10.2. The Labute approximate surface area is 171 Å². The zero-order valence-electron chi connectivity index (χ0n) is 16.7. The summed E-state index contributed by atoms with van der Waals surface area (Å²) in [6.07, 6.45) is 6.19. The predicted octanol–water partition coefficient (Wildman–Crippen LogP) is 3.50. The molecule has 2 heterocycles. The molecule has 4 rings (SSSR count). The van der Waals surface area contributed by atoms with Crippen molar-refractivity contribution in [1.29, 1.82) is 0 Å². The van der Waals surface area contributed by atoms with Crippen molar-refractivity contribution in [3.05, 3.63) is 72.2 Å². The smallest absolute Gasteiger partial charge is 0.242 e. The number of rotatable bonds is 7. The van der Waals surface area contributed by atoms with E-state index in [1.807, 2.05) is 23.8 Å². The molecule has 29 heavy (non-hydrogen) atoms. The standard InChI is InChI=1S/C23H27N5O/c1-2-7-19(24)23(29)26-22-15-28(16-25-22)21-11-6-4-9-18(21)14-27-13-12-17-8-3-5-10-20(17)27/h3-6,8-11,15-16,19H,2,7,12-14,24H2,1H3,(H,26,29)/t19-/m0/s1. The summed E-state index contributed by atoms with van der Waals surface area (Å²) < 4.78 is 1.96. The highest BCUT2D eigenvalue weighted by atomic mass is 16.2. The zero-order chi connectivity index (χ0) is 20.2. The van der Waals surface area contributed by atoms with Crippen LogP contribution in [0, 0.1) is 0 Å². The van der Waals surface area contributed by atoms with Crippen LogP contribution < -0.4 is 16.0 Å². The Kier molecular flexibility index (Phi) is 5.62. The predicted molar refractivity (Wildman–Crippen MR) is 116 cm³/mol. The number of fused-ring (bicyclic) bond motifs is 1. The van der Waals surface area contributed by atoms with E-state index in [1.54, 1.807) is 6.33 Å². The number of nitrogens with one attached hydrogen (secondary N) is 1. The molecule has 3 aromatic rings. The Morgan fingerprint density at radius 2 is 1.93 bits per heavy atom. The van der Waals surface area contributed by atoms with Crippen molar-refractivity contribution in [3.8, 4) is 5.69 Å². The number of imidazole rings is 1. The van der Waals surface area contributed by atoms with Gasteiger partial charge in [-0.1, -0.05) is 49.7 Å². The summed E-state index contributed by atoms with van der Waals surface area (Å²) in [5.74, 6) is 0.321. The molecule has 0 unspecified atom stereocenters. The van der Waals surface area contributed by atoms with Crippen molar-refractivity contribution in [2.45, 2.75) is 38.8 Å². The number of carbonyl (C=O) groups is 1. The zero-order valence-corrected chi connectivity index (χ0v) is 16.7. The third-order valence-corrected chi connectivity index (χ3v) is 5.38. The molecule has 2 aromatic carbocycles. The summed E-state index contributed by atoms with van der Waals surface area (Å²) in [7, 11) is 0. The largest absolute Gasteiger partial charge is 0.367 e. The topological polar surface area (TPSA) is 76.2 Å². The van der Waals surface area contributed by atoms with Gasteiger partial charge in [0.2, 0.25) is 5.91 Å². The number of para-hydroxylation sites is 2. The maximum absolute atomic E-state index is 12.2. The fourth-order valence-electron chi connectivity index (χ4n) is 3.85. The first-order chi connectivity index (χ1) is 14.2. The van der Waals surface area contributed by atoms with E-state index in [2.05, 4.69) is 57.7 Å². The lowest BCUT2D eigenvalue weighted by atomic mass is 10.1. The fraction of sp³-hybridized carbons (Fsp3) is 0.304. The van der Waals surface area contributed by atoms with Gasteiger partial charge in [0.15, 0.2) is 5.82 Å². The van der Waals surface area contributed by atoms with E-state index in [-0.39, 0.29) is 5.91 Å². The van der Waals surface area contributed by atoms with Crippen LogP contribution in [0.25, 0.3) is 5.69 Å². The second-order valence-electron chi connectivity index (χ2n) is 7.48. The van der Waals surface area contributed by atoms with Crippen LogP contribution in [-0.4, -0.2) is 28.0 Å². The van der Waals surface area contributed by atoms with Crippen LogP contribution in [0.5, 0.6) is 0 Å². The van der Waals surface area contributed by atoms with Gasteiger partial charge in [-0.3, -0.25) is 4.79 Å². The quantitative estimate of drug-likeness (QED) is 0.648. The monoisotopic (exact) mass is 389 g/mol. The minimum Gasteiger partial charge on any atom is -0.367 e. The van der Waals surface area contributed by atoms with E-state index in [0.717, 1.165) is 31.6 Å². The summed E-state index contributed by atoms with van der Waals surface area (Å²) in [4.78, 5) is 18.9. The SMILES string of the molecule is CCC[C@H](N)C(=O)Nc1cn(-c2ccccc2CN2CCc3ccccc32)cn1. The Morgan fingerprint density at radius 3 is 2.76 bits per heavy atom. The molecule has 1 atom stereocenters. The molecule has 1 amide bonds. The van der Waals surface area contributed by atoms with Crippen LogP contribution in [0.3, 0.4) is 0 Å². The minimum absolute atomic E-state index is 0.195. The van der Waals surface area contributed by atoms with Crippen LogP contribution in [0.2, 0.25) is 0 Å². The van der Waals surface area contributed by atoms with Gasteiger partial charge in [-0.2, -0.15) is 0 Å². The van der Waals surface area contributed by atoms with Crippen molar-refractivity contribution in [3.63, 3.8) is 0 Å². The lowest BCUT2D eigenvalue weighted by Crippen LogP contribution is -2.35. The number of benzene rings is 2. The van der Waals surface area contributed by atoms with Crippen molar-refractivity contribution < 1.29 is 4.79 Å². The second kappa shape index (κ2) is 8.49. The normalized spacial score (nSPS) is 13.9. The van der Waals surface area contributed by atoms with Crippen molar-refractivity contribution in [2.75, 3.05) is 16.8 Å². The molecule has 1 aliphatic rings. The van der Waals surface area contributed by atoms with E-state index in [9.17, 15) is 4.79 Å². The lowest BCUT2D eigenvalue weighted by molar-refractivity contribution is -0.117. The molecule has 0 saturated carbocycles. The average Bonchev–Trinajstić information content (AvgIpc) is 3.36. The molecule has 3 N–H and O–H groups in total. The highest BCUT2D eigenvalue weighted by molar-refractivity contribution is 5.93. The number of hydrogen-bond donors (Lipinski definition) is 2. The Morgan fingerprint density at radius 1 is 1.17 bits per heavy atom. The molecule has 0 fully saturated rings. The van der Waals surface area contributed by atoms with Crippen LogP contribution in [0.1, 0.15) is 30.9 Å². The number of hydrogen-bond acceptors (Lipinski definition) is 4. The van der Waals surface area contributed by atoms with Crippen LogP contribution in [0.4, 0.5) is 11.5 Å². The van der Waals surface area contributed by atoms with Gasteiger partial charge in [-0.15, -0.1) is 0 Å². The van der Waals surface area contributed by atoms with Crippen LogP contribution >= 0.6 is 0 Å². The van der Waals surface area contributed by atoms with Crippen LogP contribution in [-0.2, 0) is 17.8 Å². The van der Waals surface area contributed by atoms with Gasteiger partial charge in [0.1, 0.15) is 6.33 Å². The Balaban J connectivity index is 1.52. The highest BCUT2D eigenvalue weighted by Crippen LogP contribution is 2.30. The van der Waals surface area contributed by atoms with Gasteiger partial charge < -0.3 is 20.5 Å². The number of amides is 1. The Bertz CT molecular complexity index is 996. The molecule has 0 aliphatic carbocycles. The molecule has 150 valence electrons. The van der Waals surface area contributed by atoms with Crippen LogP contribution in [0.15, 0.2) is 61.1 Å². The third kappa shape index (κ3) is 4.17. The summed E-state index contributed by atoms with van der Waals surface area (Å²) in [6, 6.07) is 16.4. The van der Waals surface area contributed by atoms with Crippen molar-refractivity contribution in [1.82, 2.24) is 9.55 Å². The van der Waals surface area contributed by atoms with E-state index in [4.69, 9.17) is 5.73 Å². The molecule has 6 nitrogen and oxygen atoms in total. The fourth-order valence-corrected chi connectivity index (χ4v) is 3.85. The first-order valence-corrected chi connectivity index (χ1v) is 10.2. The summed E-state index contributed by atoms with van der Waals surface area (Å²) >= 11 is 0. The van der Waals surface area contributed by atoms with E-state index in [0.29, 0.717) is 12.2 Å². The summed E-state index contributed by atoms with van der Waals surface area (Å²) in [5.41, 5.74) is 10.9. The van der Waals surface area contributed by atoms with E-state index in [1.165, 1.54) is 16.8 Å². The number of aromatic nitrogens is 2. The van der Waals surface area contributed by atoms with Gasteiger partial charge in [0, 0.05) is 18.8 Å². The number of nitrogens with zero attached hydrogens (tertiary/aromatic N) is 3. The number of anilines is 2. The van der Waals surface area contributed by atoms with Gasteiger partial charge in [-0.05, 0) is 36.1 Å². The van der Waals surface area contributed by atoms with Crippen molar-refractivity contribution in [2.24, 2.45) is 5.73 Å². The van der Waals surface area contributed by atoms with E-state index >= 15 is 0 Å². The molecule has 6 heteroatoms. The summed E-state index contributed by atoms with van der Waals surface area (Å²) in [6.45, 7) is 3.86. The molecule has 0 saturated heterocycles. The van der Waals surface area contributed by atoms with Gasteiger partial charge in [0.05, 0.1) is 17.9 Å². The molecule has 0 bridgehead atoms. The Hall–Kier alpha value is -3.12. The maximum atomic E-state index is 12.2.